The Morgan fingerprint density at radius 2 is 1.80 bits per heavy atom. The average Bonchev–Trinajstić information content (AvgIpc) is 2.41. The van der Waals surface area contributed by atoms with E-state index in [0.29, 0.717) is 16.9 Å². The van der Waals surface area contributed by atoms with Crippen LogP contribution < -0.4 is 5.32 Å². The third kappa shape index (κ3) is 3.00. The van der Waals surface area contributed by atoms with E-state index in [1.807, 2.05) is 0 Å². The van der Waals surface area contributed by atoms with E-state index < -0.39 is 17.3 Å². The Hall–Kier alpha value is -2.69. The van der Waals surface area contributed by atoms with Gasteiger partial charge >= 0.3 is 5.97 Å². The summed E-state index contributed by atoms with van der Waals surface area (Å²) in [6, 6.07) is 10.5. The van der Waals surface area contributed by atoms with Crippen molar-refractivity contribution in [1.82, 2.24) is 0 Å². The summed E-state index contributed by atoms with van der Waals surface area (Å²) in [6.07, 6.45) is 0. The van der Waals surface area contributed by atoms with Gasteiger partial charge in [-0.3, -0.25) is 4.79 Å². The maximum absolute atomic E-state index is 13.3. The maximum Gasteiger partial charge on any atom is 0.338 e. The normalized spacial score (nSPS) is 10.1. The lowest BCUT2D eigenvalue weighted by molar-refractivity contribution is 0.0691. The van der Waals surface area contributed by atoms with Crippen molar-refractivity contribution in [3.8, 4) is 0 Å². The summed E-state index contributed by atoms with van der Waals surface area (Å²) >= 11 is 0. The van der Waals surface area contributed by atoms with Gasteiger partial charge in [0, 0.05) is 16.9 Å². The highest BCUT2D eigenvalue weighted by Crippen LogP contribution is 2.20. The van der Waals surface area contributed by atoms with Crippen molar-refractivity contribution in [2.24, 2.45) is 0 Å². The topological polar surface area (TPSA) is 66.4 Å². The highest BCUT2D eigenvalue weighted by atomic mass is 19.1. The number of rotatable bonds is 4. The Kier molecular flexibility index (Phi) is 3.79. The summed E-state index contributed by atoms with van der Waals surface area (Å²) in [7, 11) is 0. The zero-order valence-electron chi connectivity index (χ0n) is 10.7. The molecule has 5 heteroatoms. The fourth-order valence-electron chi connectivity index (χ4n) is 1.75. The molecule has 0 saturated carbocycles. The van der Waals surface area contributed by atoms with Crippen molar-refractivity contribution < 1.29 is 19.1 Å². The van der Waals surface area contributed by atoms with E-state index >= 15 is 0 Å². The maximum atomic E-state index is 13.3. The van der Waals surface area contributed by atoms with Crippen LogP contribution >= 0.6 is 0 Å². The Bertz CT molecular complexity index is 683. The monoisotopic (exact) mass is 273 g/mol. The summed E-state index contributed by atoms with van der Waals surface area (Å²) in [5, 5.41) is 11.8. The van der Waals surface area contributed by atoms with E-state index in [1.54, 1.807) is 24.3 Å². The van der Waals surface area contributed by atoms with Crippen LogP contribution in [0.2, 0.25) is 0 Å². The third-order valence-electron chi connectivity index (χ3n) is 2.75. The Labute approximate surface area is 114 Å². The van der Waals surface area contributed by atoms with Crippen molar-refractivity contribution >= 4 is 23.1 Å². The molecule has 2 rings (SSSR count). The number of carboxylic acid groups (broad SMARTS) is 1. The number of hydrogen-bond donors (Lipinski definition) is 2. The summed E-state index contributed by atoms with van der Waals surface area (Å²) in [5.41, 5.74) is 1.19. The second-order valence-corrected chi connectivity index (χ2v) is 4.26. The molecule has 0 aliphatic rings. The van der Waals surface area contributed by atoms with Gasteiger partial charge in [-0.2, -0.15) is 0 Å². The van der Waals surface area contributed by atoms with Crippen LogP contribution in [0.3, 0.4) is 0 Å². The lowest BCUT2D eigenvalue weighted by Gasteiger charge is -2.08. The molecule has 0 aliphatic heterocycles. The molecule has 0 radical (unpaired) electrons. The van der Waals surface area contributed by atoms with Gasteiger partial charge in [0.25, 0.3) is 0 Å². The largest absolute Gasteiger partial charge is 0.478 e. The average molecular weight is 273 g/mol. The molecular weight excluding hydrogens is 261 g/mol. The minimum absolute atomic E-state index is 0.0704. The molecule has 0 amide bonds. The summed E-state index contributed by atoms with van der Waals surface area (Å²) in [5.74, 6) is -2.19. The second-order valence-electron chi connectivity index (χ2n) is 4.26. The van der Waals surface area contributed by atoms with Gasteiger partial charge in [0.2, 0.25) is 0 Å². The lowest BCUT2D eigenvalue weighted by Crippen LogP contribution is -2.02. The van der Waals surface area contributed by atoms with Gasteiger partial charge in [-0.25, -0.2) is 9.18 Å². The van der Waals surface area contributed by atoms with Gasteiger partial charge in [-0.15, -0.1) is 0 Å². The summed E-state index contributed by atoms with van der Waals surface area (Å²) in [6.45, 7) is 1.46. The Morgan fingerprint density at radius 3 is 2.45 bits per heavy atom. The molecular formula is C15H12FNO3. The van der Waals surface area contributed by atoms with E-state index in [2.05, 4.69) is 5.32 Å². The van der Waals surface area contributed by atoms with Crippen molar-refractivity contribution in [2.45, 2.75) is 6.92 Å². The van der Waals surface area contributed by atoms with Crippen molar-refractivity contribution in [2.75, 3.05) is 5.32 Å². The van der Waals surface area contributed by atoms with E-state index in [1.165, 1.54) is 19.1 Å². The Morgan fingerprint density at radius 1 is 1.10 bits per heavy atom. The van der Waals surface area contributed by atoms with Crippen LogP contribution in [0.4, 0.5) is 15.8 Å². The van der Waals surface area contributed by atoms with Crippen LogP contribution in [0.5, 0.6) is 0 Å². The lowest BCUT2D eigenvalue weighted by atomic mass is 10.1. The number of ketones is 1. The Balaban J connectivity index is 2.30. The molecule has 0 aromatic heterocycles. The van der Waals surface area contributed by atoms with Gasteiger partial charge in [0.15, 0.2) is 5.78 Å². The predicted molar refractivity (Wildman–Crippen MR) is 73.1 cm³/mol. The molecule has 0 fully saturated rings. The number of carbonyl (C=O) groups is 2. The van der Waals surface area contributed by atoms with E-state index in [-0.39, 0.29) is 5.78 Å². The van der Waals surface area contributed by atoms with Crippen LogP contribution in [0.1, 0.15) is 27.6 Å². The van der Waals surface area contributed by atoms with Crippen LogP contribution in [-0.2, 0) is 0 Å². The molecule has 0 bridgehead atoms. The van der Waals surface area contributed by atoms with Crippen molar-refractivity contribution in [3.05, 3.63) is 59.4 Å². The predicted octanol–water partition coefficient (Wildman–Crippen LogP) is 3.47. The van der Waals surface area contributed by atoms with Crippen molar-refractivity contribution in [1.29, 1.82) is 0 Å². The smallest absolute Gasteiger partial charge is 0.338 e. The van der Waals surface area contributed by atoms with Gasteiger partial charge in [0.1, 0.15) is 5.82 Å². The molecule has 2 N–H and O–H groups in total. The molecule has 0 atom stereocenters. The number of Topliss-reactive ketones (excluding diaryl/α,β-unsaturated/α-hetero) is 1. The number of carboxylic acids is 1. The van der Waals surface area contributed by atoms with Crippen LogP contribution in [0.15, 0.2) is 42.5 Å². The van der Waals surface area contributed by atoms with E-state index in [4.69, 9.17) is 5.11 Å². The van der Waals surface area contributed by atoms with Gasteiger partial charge < -0.3 is 10.4 Å². The summed E-state index contributed by atoms with van der Waals surface area (Å²) < 4.78 is 13.3. The first-order chi connectivity index (χ1) is 9.47. The number of aromatic carboxylic acids is 1. The number of nitrogens with one attached hydrogen (secondary N) is 1. The molecule has 0 saturated heterocycles. The molecule has 0 heterocycles. The third-order valence-corrected chi connectivity index (χ3v) is 2.75. The quantitative estimate of drug-likeness (QED) is 0.837. The van der Waals surface area contributed by atoms with Gasteiger partial charge in [-0.1, -0.05) is 12.1 Å². The molecule has 0 unspecified atom stereocenters. The number of hydrogen-bond acceptors (Lipinski definition) is 3. The first-order valence-corrected chi connectivity index (χ1v) is 5.88. The standard InChI is InChI=1S/C15H12FNO3/c1-9(18)10-3-2-4-11(7-10)17-12-5-6-14(16)13(8-12)15(19)20/h2-8,17H,1H3,(H,19,20). The van der Waals surface area contributed by atoms with Gasteiger partial charge in [0.05, 0.1) is 5.56 Å². The molecule has 0 aliphatic carbocycles. The van der Waals surface area contributed by atoms with E-state index in [0.717, 1.165) is 6.07 Å². The SMILES string of the molecule is CC(=O)c1cccc(Nc2ccc(F)c(C(=O)O)c2)c1. The fraction of sp³-hybridized carbons (Fsp3) is 0.0667. The van der Waals surface area contributed by atoms with Crippen LogP contribution in [-0.4, -0.2) is 16.9 Å². The molecule has 4 nitrogen and oxygen atoms in total. The van der Waals surface area contributed by atoms with Crippen LogP contribution in [0, 0.1) is 5.82 Å². The molecule has 20 heavy (non-hydrogen) atoms. The minimum Gasteiger partial charge on any atom is -0.478 e. The molecule has 2 aromatic carbocycles. The van der Waals surface area contributed by atoms with Crippen LogP contribution in [0.25, 0.3) is 0 Å². The molecule has 102 valence electrons. The second kappa shape index (κ2) is 5.52. The van der Waals surface area contributed by atoms with Crippen molar-refractivity contribution in [3.63, 3.8) is 0 Å². The van der Waals surface area contributed by atoms with Gasteiger partial charge in [-0.05, 0) is 37.3 Å². The highest BCUT2D eigenvalue weighted by Gasteiger charge is 2.11. The van der Waals surface area contributed by atoms with E-state index in [9.17, 15) is 14.0 Å². The number of benzene rings is 2. The first-order valence-electron chi connectivity index (χ1n) is 5.88. The fourth-order valence-corrected chi connectivity index (χ4v) is 1.75. The highest BCUT2D eigenvalue weighted by molar-refractivity contribution is 5.95. The molecule has 0 spiro atoms. The number of carbonyl (C=O) groups excluding carboxylic acids is 1. The number of anilines is 2. The zero-order valence-corrected chi connectivity index (χ0v) is 10.7. The summed E-state index contributed by atoms with van der Waals surface area (Å²) in [4.78, 5) is 22.1. The number of halogens is 1. The zero-order chi connectivity index (χ0) is 14.7. The first kappa shape index (κ1) is 13.7. The minimum atomic E-state index is -1.33. The molecule has 2 aromatic rings.